The SMILES string of the molecule is COc1ccc(C(=O)NCCC(=O)Nc2nnc(-c3cccc(C)c3)s2)cc1. The molecule has 144 valence electrons. The van der Waals surface area contributed by atoms with Gasteiger partial charge in [0.05, 0.1) is 7.11 Å². The molecule has 3 rings (SSSR count). The van der Waals surface area contributed by atoms with Gasteiger partial charge in [-0.25, -0.2) is 0 Å². The average Bonchev–Trinajstić information content (AvgIpc) is 3.16. The van der Waals surface area contributed by atoms with E-state index in [2.05, 4.69) is 20.8 Å². The van der Waals surface area contributed by atoms with Crippen LogP contribution < -0.4 is 15.4 Å². The first-order chi connectivity index (χ1) is 13.5. The Morgan fingerprint density at radius 1 is 1.11 bits per heavy atom. The highest BCUT2D eigenvalue weighted by Crippen LogP contribution is 2.26. The van der Waals surface area contributed by atoms with E-state index in [-0.39, 0.29) is 24.8 Å². The predicted molar refractivity (Wildman–Crippen MR) is 109 cm³/mol. The van der Waals surface area contributed by atoms with Gasteiger partial charge < -0.3 is 15.4 Å². The molecule has 0 atom stereocenters. The molecular formula is C20H20N4O3S. The molecule has 3 aromatic rings. The van der Waals surface area contributed by atoms with Crippen LogP contribution in [-0.2, 0) is 4.79 Å². The summed E-state index contributed by atoms with van der Waals surface area (Å²) in [6, 6.07) is 14.7. The summed E-state index contributed by atoms with van der Waals surface area (Å²) in [5, 5.41) is 14.7. The fourth-order valence-electron chi connectivity index (χ4n) is 2.48. The van der Waals surface area contributed by atoms with E-state index in [9.17, 15) is 9.59 Å². The van der Waals surface area contributed by atoms with E-state index in [1.807, 2.05) is 31.2 Å². The first kappa shape index (κ1) is 19.5. The standard InChI is InChI=1S/C20H20N4O3S/c1-13-4-3-5-15(12-13)19-23-24-20(28-19)22-17(25)10-11-21-18(26)14-6-8-16(27-2)9-7-14/h3-9,12H,10-11H2,1-2H3,(H,21,26)(H,22,24,25). The number of rotatable bonds is 7. The Morgan fingerprint density at radius 2 is 1.89 bits per heavy atom. The molecule has 8 heteroatoms. The van der Waals surface area contributed by atoms with E-state index in [4.69, 9.17) is 4.74 Å². The summed E-state index contributed by atoms with van der Waals surface area (Å²) in [5.74, 6) is 0.202. The fraction of sp³-hybridized carbons (Fsp3) is 0.200. The first-order valence-electron chi connectivity index (χ1n) is 8.68. The number of aryl methyl sites for hydroxylation is 1. The van der Waals surface area contributed by atoms with Gasteiger partial charge in [-0.05, 0) is 37.3 Å². The Labute approximate surface area is 166 Å². The molecule has 2 amide bonds. The van der Waals surface area contributed by atoms with Crippen LogP contribution in [0.25, 0.3) is 10.6 Å². The quantitative estimate of drug-likeness (QED) is 0.639. The smallest absolute Gasteiger partial charge is 0.251 e. The van der Waals surface area contributed by atoms with Crippen LogP contribution in [0.3, 0.4) is 0 Å². The van der Waals surface area contributed by atoms with Crippen LogP contribution in [0.4, 0.5) is 5.13 Å². The number of nitrogens with one attached hydrogen (secondary N) is 2. The predicted octanol–water partition coefficient (Wildman–Crippen LogP) is 3.28. The van der Waals surface area contributed by atoms with Crippen LogP contribution in [0.5, 0.6) is 5.75 Å². The Hall–Kier alpha value is -3.26. The van der Waals surface area contributed by atoms with E-state index >= 15 is 0 Å². The monoisotopic (exact) mass is 396 g/mol. The molecule has 7 nitrogen and oxygen atoms in total. The van der Waals surface area contributed by atoms with Gasteiger partial charge in [0.25, 0.3) is 5.91 Å². The minimum absolute atomic E-state index is 0.140. The Bertz CT molecular complexity index is 970. The van der Waals surface area contributed by atoms with E-state index < -0.39 is 0 Å². The summed E-state index contributed by atoms with van der Waals surface area (Å²) in [7, 11) is 1.56. The van der Waals surface area contributed by atoms with Crippen LogP contribution in [0.15, 0.2) is 48.5 Å². The number of aromatic nitrogens is 2. The number of carbonyl (C=O) groups excluding carboxylic acids is 2. The van der Waals surface area contributed by atoms with Crippen molar-refractivity contribution in [2.24, 2.45) is 0 Å². The van der Waals surface area contributed by atoms with Crippen molar-refractivity contribution < 1.29 is 14.3 Å². The molecule has 0 bridgehead atoms. The highest BCUT2D eigenvalue weighted by molar-refractivity contribution is 7.18. The maximum atomic E-state index is 12.1. The number of carbonyl (C=O) groups is 2. The van der Waals surface area contributed by atoms with Crippen molar-refractivity contribution in [2.75, 3.05) is 19.0 Å². The molecule has 0 spiro atoms. The van der Waals surface area contributed by atoms with Crippen molar-refractivity contribution in [1.29, 1.82) is 0 Å². The molecule has 2 aromatic carbocycles. The van der Waals surface area contributed by atoms with E-state index in [1.165, 1.54) is 11.3 Å². The summed E-state index contributed by atoms with van der Waals surface area (Å²) in [5.41, 5.74) is 2.60. The second kappa shape index (κ2) is 9.09. The molecule has 0 aliphatic carbocycles. The number of ether oxygens (including phenoxy) is 1. The molecule has 0 saturated carbocycles. The molecule has 0 radical (unpaired) electrons. The first-order valence-corrected chi connectivity index (χ1v) is 9.49. The van der Waals surface area contributed by atoms with Gasteiger partial charge in [0.2, 0.25) is 11.0 Å². The van der Waals surface area contributed by atoms with Crippen molar-refractivity contribution in [1.82, 2.24) is 15.5 Å². The maximum Gasteiger partial charge on any atom is 0.251 e. The summed E-state index contributed by atoms with van der Waals surface area (Å²) in [6.45, 7) is 2.23. The summed E-state index contributed by atoms with van der Waals surface area (Å²) >= 11 is 1.31. The zero-order chi connectivity index (χ0) is 19.9. The molecule has 0 unspecified atom stereocenters. The minimum atomic E-state index is -0.242. The third-order valence-electron chi connectivity index (χ3n) is 3.93. The average molecular weight is 396 g/mol. The molecular weight excluding hydrogens is 376 g/mol. The van der Waals surface area contributed by atoms with E-state index in [0.717, 1.165) is 16.1 Å². The van der Waals surface area contributed by atoms with Crippen LogP contribution in [-0.4, -0.2) is 35.7 Å². The van der Waals surface area contributed by atoms with Crippen LogP contribution in [0, 0.1) is 6.92 Å². The Balaban J connectivity index is 1.47. The summed E-state index contributed by atoms with van der Waals surface area (Å²) in [4.78, 5) is 24.1. The van der Waals surface area contributed by atoms with Gasteiger partial charge >= 0.3 is 0 Å². The lowest BCUT2D eigenvalue weighted by Gasteiger charge is -2.06. The molecule has 2 N–H and O–H groups in total. The number of nitrogens with zero attached hydrogens (tertiary/aromatic N) is 2. The highest BCUT2D eigenvalue weighted by atomic mass is 32.1. The molecule has 0 aliphatic rings. The van der Waals surface area contributed by atoms with Crippen molar-refractivity contribution >= 4 is 28.3 Å². The number of benzene rings is 2. The lowest BCUT2D eigenvalue weighted by atomic mass is 10.1. The van der Waals surface area contributed by atoms with Gasteiger partial charge in [0.15, 0.2) is 0 Å². The largest absolute Gasteiger partial charge is 0.497 e. The van der Waals surface area contributed by atoms with Crippen molar-refractivity contribution in [2.45, 2.75) is 13.3 Å². The van der Waals surface area contributed by atoms with Gasteiger partial charge in [-0.2, -0.15) is 0 Å². The molecule has 1 heterocycles. The van der Waals surface area contributed by atoms with E-state index in [0.29, 0.717) is 16.4 Å². The van der Waals surface area contributed by atoms with Gasteiger partial charge in [-0.1, -0.05) is 35.1 Å². The van der Waals surface area contributed by atoms with Crippen LogP contribution >= 0.6 is 11.3 Å². The number of anilines is 1. The number of hydrogen-bond donors (Lipinski definition) is 2. The summed E-state index contributed by atoms with van der Waals surface area (Å²) < 4.78 is 5.06. The molecule has 0 aliphatic heterocycles. The normalized spacial score (nSPS) is 10.4. The molecule has 28 heavy (non-hydrogen) atoms. The molecule has 1 aromatic heterocycles. The highest BCUT2D eigenvalue weighted by Gasteiger charge is 2.11. The lowest BCUT2D eigenvalue weighted by Crippen LogP contribution is -2.27. The third-order valence-corrected chi connectivity index (χ3v) is 4.81. The number of hydrogen-bond acceptors (Lipinski definition) is 6. The molecule has 0 saturated heterocycles. The Kier molecular flexibility index (Phi) is 6.33. The van der Waals surface area contributed by atoms with E-state index in [1.54, 1.807) is 31.4 Å². The van der Waals surface area contributed by atoms with Crippen LogP contribution in [0.2, 0.25) is 0 Å². The number of methoxy groups -OCH3 is 1. The van der Waals surface area contributed by atoms with Crippen molar-refractivity contribution in [3.63, 3.8) is 0 Å². The zero-order valence-electron chi connectivity index (χ0n) is 15.6. The second-order valence-electron chi connectivity index (χ2n) is 6.06. The Morgan fingerprint density at radius 3 is 2.61 bits per heavy atom. The van der Waals surface area contributed by atoms with Gasteiger partial charge in [0, 0.05) is 24.1 Å². The summed E-state index contributed by atoms with van der Waals surface area (Å²) in [6.07, 6.45) is 0.140. The van der Waals surface area contributed by atoms with Crippen molar-refractivity contribution in [3.8, 4) is 16.3 Å². The fourth-order valence-corrected chi connectivity index (χ4v) is 3.24. The van der Waals surface area contributed by atoms with Gasteiger partial charge in [-0.3, -0.25) is 9.59 Å². The van der Waals surface area contributed by atoms with Crippen LogP contribution in [0.1, 0.15) is 22.3 Å². The molecule has 0 fully saturated rings. The number of amides is 2. The van der Waals surface area contributed by atoms with Gasteiger partial charge in [-0.15, -0.1) is 10.2 Å². The van der Waals surface area contributed by atoms with Crippen molar-refractivity contribution in [3.05, 3.63) is 59.7 Å². The van der Waals surface area contributed by atoms with Gasteiger partial charge in [0.1, 0.15) is 10.8 Å². The lowest BCUT2D eigenvalue weighted by molar-refractivity contribution is -0.116. The topological polar surface area (TPSA) is 93.2 Å². The second-order valence-corrected chi connectivity index (χ2v) is 7.04. The minimum Gasteiger partial charge on any atom is -0.497 e. The maximum absolute atomic E-state index is 12.1. The third kappa shape index (κ3) is 5.14. The zero-order valence-corrected chi connectivity index (χ0v) is 16.4.